The maximum atomic E-state index is 4.61. The number of fused-ring (bicyclic) bond motifs is 7. The molecule has 5 aromatic rings. The van der Waals surface area contributed by atoms with Crippen molar-refractivity contribution in [3.05, 3.63) is 72.6 Å². The van der Waals surface area contributed by atoms with Crippen molar-refractivity contribution in [2.24, 2.45) is 0 Å². The molecule has 0 spiro atoms. The summed E-state index contributed by atoms with van der Waals surface area (Å²) in [5.74, 6) is 0. The molecule has 104 valence electrons. The van der Waals surface area contributed by atoms with E-state index < -0.39 is 0 Å². The van der Waals surface area contributed by atoms with Crippen LogP contribution in [0.15, 0.2) is 67.0 Å². The number of nitrogens with zero attached hydrogens (tertiary/aromatic N) is 2. The lowest BCUT2D eigenvalue weighted by molar-refractivity contribution is 1.27. The van der Waals surface area contributed by atoms with Crippen molar-refractivity contribution >= 4 is 38.1 Å². The minimum absolute atomic E-state index is 1.03. The van der Waals surface area contributed by atoms with E-state index in [1.165, 1.54) is 38.0 Å². The molecular weight excluding hydrogens is 268 g/mol. The normalized spacial score (nSPS) is 11.9. The summed E-state index contributed by atoms with van der Waals surface area (Å²) in [5.41, 5.74) is 3.57. The first kappa shape index (κ1) is 11.8. The quantitative estimate of drug-likeness (QED) is 0.285. The highest BCUT2D eigenvalue weighted by atomic mass is 15.0. The van der Waals surface area contributed by atoms with Crippen molar-refractivity contribution in [2.45, 2.75) is 6.92 Å². The van der Waals surface area contributed by atoms with Gasteiger partial charge in [0.05, 0.1) is 5.52 Å². The summed E-state index contributed by atoms with van der Waals surface area (Å²) in [6.45, 7) is 2.22. The molecule has 0 amide bonds. The van der Waals surface area contributed by atoms with E-state index in [2.05, 4.69) is 70.9 Å². The second kappa shape index (κ2) is 4.08. The van der Waals surface area contributed by atoms with Gasteiger partial charge in [0.2, 0.25) is 0 Å². The molecule has 0 N–H and O–H groups in total. The maximum Gasteiger partial charge on any atom is 0.145 e. The van der Waals surface area contributed by atoms with E-state index in [1.54, 1.807) is 0 Å². The van der Waals surface area contributed by atoms with Crippen LogP contribution in [0.4, 0.5) is 0 Å². The largest absolute Gasteiger partial charge is 0.299 e. The predicted molar refractivity (Wildman–Crippen MR) is 92.4 cm³/mol. The second-order valence-corrected chi connectivity index (χ2v) is 5.78. The summed E-state index contributed by atoms with van der Waals surface area (Å²) >= 11 is 0. The number of imidazole rings is 1. The fourth-order valence-corrected chi connectivity index (χ4v) is 3.64. The number of aromatic nitrogens is 2. The molecular formula is C20H14N2. The van der Waals surface area contributed by atoms with Gasteiger partial charge in [-0.05, 0) is 40.8 Å². The van der Waals surface area contributed by atoms with E-state index in [0.29, 0.717) is 0 Å². The van der Waals surface area contributed by atoms with Gasteiger partial charge in [0, 0.05) is 23.2 Å². The zero-order valence-corrected chi connectivity index (χ0v) is 12.2. The number of aryl methyl sites for hydroxylation is 1. The van der Waals surface area contributed by atoms with Crippen LogP contribution < -0.4 is 0 Å². The van der Waals surface area contributed by atoms with Crippen LogP contribution in [0.5, 0.6) is 0 Å². The summed E-state index contributed by atoms with van der Waals surface area (Å²) in [4.78, 5) is 4.61. The molecule has 5 rings (SSSR count). The van der Waals surface area contributed by atoms with E-state index in [1.807, 2.05) is 12.4 Å². The summed E-state index contributed by atoms with van der Waals surface area (Å²) in [6, 6.07) is 19.4. The number of pyridine rings is 1. The van der Waals surface area contributed by atoms with Crippen LogP contribution in [0.2, 0.25) is 0 Å². The molecule has 3 aromatic carbocycles. The lowest BCUT2D eigenvalue weighted by atomic mass is 9.95. The number of rotatable bonds is 0. The SMILES string of the molecule is Cc1c2ccccc2cc2c1c1ccccc1n1ccnc21. The Labute approximate surface area is 127 Å². The van der Waals surface area contributed by atoms with Crippen LogP contribution in [-0.2, 0) is 0 Å². The van der Waals surface area contributed by atoms with Crippen LogP contribution in [0.25, 0.3) is 38.1 Å². The molecule has 22 heavy (non-hydrogen) atoms. The highest BCUT2D eigenvalue weighted by Crippen LogP contribution is 2.35. The Balaban J connectivity index is 2.22. The van der Waals surface area contributed by atoms with E-state index in [0.717, 1.165) is 5.65 Å². The summed E-state index contributed by atoms with van der Waals surface area (Å²) in [7, 11) is 0. The van der Waals surface area contributed by atoms with E-state index in [-0.39, 0.29) is 0 Å². The molecule has 0 aliphatic carbocycles. The van der Waals surface area contributed by atoms with Crippen LogP contribution in [0.3, 0.4) is 0 Å². The minimum atomic E-state index is 1.03. The van der Waals surface area contributed by atoms with Crippen molar-refractivity contribution < 1.29 is 0 Å². The highest BCUT2D eigenvalue weighted by molar-refractivity contribution is 6.18. The Hall–Kier alpha value is -2.87. The van der Waals surface area contributed by atoms with Gasteiger partial charge in [0.1, 0.15) is 5.65 Å². The summed E-state index contributed by atoms with van der Waals surface area (Å²) < 4.78 is 2.19. The molecule has 0 bridgehead atoms. The van der Waals surface area contributed by atoms with Gasteiger partial charge in [0.15, 0.2) is 0 Å². The average Bonchev–Trinajstić information content (AvgIpc) is 3.05. The van der Waals surface area contributed by atoms with Crippen molar-refractivity contribution in [3.63, 3.8) is 0 Å². The van der Waals surface area contributed by atoms with E-state index in [4.69, 9.17) is 0 Å². The van der Waals surface area contributed by atoms with Gasteiger partial charge >= 0.3 is 0 Å². The monoisotopic (exact) mass is 282 g/mol. The average molecular weight is 282 g/mol. The van der Waals surface area contributed by atoms with Gasteiger partial charge in [-0.25, -0.2) is 4.98 Å². The van der Waals surface area contributed by atoms with Gasteiger partial charge in [-0.2, -0.15) is 0 Å². The minimum Gasteiger partial charge on any atom is -0.299 e. The lowest BCUT2D eigenvalue weighted by Gasteiger charge is -2.13. The Morgan fingerprint density at radius 2 is 1.64 bits per heavy atom. The first-order valence-electron chi connectivity index (χ1n) is 7.50. The van der Waals surface area contributed by atoms with Gasteiger partial charge in [-0.3, -0.25) is 4.40 Å². The third-order valence-electron chi connectivity index (χ3n) is 4.62. The molecule has 2 heteroatoms. The molecule has 2 heterocycles. The summed E-state index contributed by atoms with van der Waals surface area (Å²) in [6.07, 6.45) is 3.92. The number of hydrogen-bond acceptors (Lipinski definition) is 1. The van der Waals surface area contributed by atoms with Crippen molar-refractivity contribution in [3.8, 4) is 0 Å². The van der Waals surface area contributed by atoms with Crippen LogP contribution in [0.1, 0.15) is 5.56 Å². The molecule has 2 nitrogen and oxygen atoms in total. The van der Waals surface area contributed by atoms with Crippen molar-refractivity contribution in [2.75, 3.05) is 0 Å². The molecule has 0 radical (unpaired) electrons. The molecule has 0 aliphatic heterocycles. The number of hydrogen-bond donors (Lipinski definition) is 0. The van der Waals surface area contributed by atoms with Crippen LogP contribution in [-0.4, -0.2) is 9.38 Å². The van der Waals surface area contributed by atoms with Gasteiger partial charge in [-0.1, -0.05) is 42.5 Å². The third-order valence-corrected chi connectivity index (χ3v) is 4.62. The van der Waals surface area contributed by atoms with Crippen molar-refractivity contribution in [1.82, 2.24) is 9.38 Å². The molecule has 0 unspecified atom stereocenters. The Kier molecular flexibility index (Phi) is 2.18. The molecule has 0 fully saturated rings. The standard InChI is InChI=1S/C20H14N2/c1-13-15-7-3-2-6-14(15)12-17-19(13)16-8-4-5-9-18(16)22-11-10-21-20(17)22/h2-12H,1H3. The fraction of sp³-hybridized carbons (Fsp3) is 0.0500. The smallest absolute Gasteiger partial charge is 0.145 e. The Morgan fingerprint density at radius 3 is 2.55 bits per heavy atom. The van der Waals surface area contributed by atoms with Gasteiger partial charge < -0.3 is 0 Å². The predicted octanol–water partition coefficient (Wildman–Crippen LogP) is 5.10. The molecule has 0 saturated carbocycles. The van der Waals surface area contributed by atoms with Crippen molar-refractivity contribution in [1.29, 1.82) is 0 Å². The highest BCUT2D eigenvalue weighted by Gasteiger charge is 2.12. The molecule has 0 atom stereocenters. The second-order valence-electron chi connectivity index (χ2n) is 5.78. The Bertz CT molecular complexity index is 1180. The van der Waals surface area contributed by atoms with Crippen LogP contribution in [0, 0.1) is 6.92 Å². The first-order valence-corrected chi connectivity index (χ1v) is 7.50. The lowest BCUT2D eigenvalue weighted by Crippen LogP contribution is -1.93. The van der Waals surface area contributed by atoms with Crippen LogP contribution >= 0.6 is 0 Å². The summed E-state index contributed by atoms with van der Waals surface area (Å²) in [5, 5.41) is 6.41. The maximum absolute atomic E-state index is 4.61. The Morgan fingerprint density at radius 1 is 0.864 bits per heavy atom. The third kappa shape index (κ3) is 1.37. The molecule has 2 aromatic heterocycles. The molecule has 0 saturated heterocycles. The fourth-order valence-electron chi connectivity index (χ4n) is 3.64. The number of para-hydroxylation sites is 1. The van der Waals surface area contributed by atoms with Gasteiger partial charge in [0.25, 0.3) is 0 Å². The van der Waals surface area contributed by atoms with E-state index >= 15 is 0 Å². The number of benzene rings is 3. The topological polar surface area (TPSA) is 17.3 Å². The zero-order valence-electron chi connectivity index (χ0n) is 12.2. The zero-order chi connectivity index (χ0) is 14.7. The van der Waals surface area contributed by atoms with E-state index in [9.17, 15) is 0 Å². The first-order chi connectivity index (χ1) is 10.8. The molecule has 0 aliphatic rings. The van der Waals surface area contributed by atoms with Gasteiger partial charge in [-0.15, -0.1) is 0 Å².